The monoisotopic (exact) mass is 458 g/mol. The first-order valence-electron chi connectivity index (χ1n) is 10.4. The number of benzene rings is 1. The smallest absolute Gasteiger partial charge is 0.255 e. The molecule has 0 spiro atoms. The number of likely N-dealkylation sites (N-methyl/N-ethyl adjacent to an activating group) is 1. The first-order valence-corrected chi connectivity index (χ1v) is 10.4. The highest BCUT2D eigenvalue weighted by atomic mass is 16.4. The van der Waals surface area contributed by atoms with E-state index in [2.05, 4.69) is 0 Å². The second-order valence-electron chi connectivity index (χ2n) is 9.25. The van der Waals surface area contributed by atoms with E-state index in [9.17, 15) is 39.9 Å². The van der Waals surface area contributed by atoms with Gasteiger partial charge in [-0.1, -0.05) is 19.1 Å². The van der Waals surface area contributed by atoms with Crippen molar-refractivity contribution in [2.24, 2.45) is 17.6 Å². The summed E-state index contributed by atoms with van der Waals surface area (Å²) in [5.74, 6) is -8.81. The molecule has 10 heteroatoms. The summed E-state index contributed by atoms with van der Waals surface area (Å²) in [5, 5.41) is 55.5. The Hall–Kier alpha value is -3.21. The number of rotatable bonds is 2. The van der Waals surface area contributed by atoms with Gasteiger partial charge in [0.1, 0.15) is 22.8 Å². The first-order chi connectivity index (χ1) is 15.3. The number of Topliss-reactive ketones (excluding diaryl/α,β-unsaturated/α-hetero) is 2. The van der Waals surface area contributed by atoms with Gasteiger partial charge in [0.05, 0.1) is 23.6 Å². The number of hydrogen-bond acceptors (Lipinski definition) is 9. The van der Waals surface area contributed by atoms with Crippen LogP contribution in [0, 0.1) is 18.8 Å². The predicted molar refractivity (Wildman–Crippen MR) is 115 cm³/mol. The number of carbonyl (C=O) groups excluding carboxylic acids is 3. The van der Waals surface area contributed by atoms with Crippen LogP contribution in [0.2, 0.25) is 0 Å². The highest BCUT2D eigenvalue weighted by Crippen LogP contribution is 2.55. The number of aryl methyl sites for hydroxylation is 1. The van der Waals surface area contributed by atoms with E-state index in [-0.39, 0.29) is 11.3 Å². The SMILES string of the molecule is Cc1ccc2c(c1O)C(=O)C1=C(O)C3(O)C(=O)C(C(N)=O)=C(O)C(N(C)C)C3C(O)C1C2C. The zero-order valence-electron chi connectivity index (χ0n) is 18.5. The van der Waals surface area contributed by atoms with Gasteiger partial charge in [0, 0.05) is 11.5 Å². The lowest BCUT2D eigenvalue weighted by atomic mass is 9.55. The van der Waals surface area contributed by atoms with Crippen LogP contribution in [-0.4, -0.2) is 79.7 Å². The van der Waals surface area contributed by atoms with Crippen molar-refractivity contribution < 1.29 is 39.9 Å². The maximum Gasteiger partial charge on any atom is 0.255 e. The molecule has 0 fully saturated rings. The minimum absolute atomic E-state index is 0.0875. The molecule has 0 heterocycles. The Bertz CT molecular complexity index is 1180. The highest BCUT2D eigenvalue weighted by molar-refractivity contribution is 6.25. The number of ketones is 2. The number of phenolic OH excluding ortho intramolecular Hbond substituents is 1. The van der Waals surface area contributed by atoms with E-state index in [1.54, 1.807) is 26.0 Å². The summed E-state index contributed by atoms with van der Waals surface area (Å²) < 4.78 is 0. The van der Waals surface area contributed by atoms with Crippen molar-refractivity contribution in [1.29, 1.82) is 0 Å². The highest BCUT2D eigenvalue weighted by Gasteiger charge is 2.67. The summed E-state index contributed by atoms with van der Waals surface area (Å²) in [6, 6.07) is 1.99. The number of amides is 1. The Morgan fingerprint density at radius 3 is 2.30 bits per heavy atom. The lowest BCUT2D eigenvalue weighted by molar-refractivity contribution is -0.162. The molecule has 6 unspecified atom stereocenters. The molecule has 0 radical (unpaired) electrons. The number of hydrogen-bond donors (Lipinski definition) is 6. The van der Waals surface area contributed by atoms with E-state index < -0.39 is 75.6 Å². The van der Waals surface area contributed by atoms with Crippen LogP contribution in [0.3, 0.4) is 0 Å². The maximum atomic E-state index is 13.5. The van der Waals surface area contributed by atoms with Gasteiger partial charge < -0.3 is 31.3 Å². The molecule has 1 amide bonds. The average Bonchev–Trinajstić information content (AvgIpc) is 2.72. The molecule has 6 atom stereocenters. The van der Waals surface area contributed by atoms with Gasteiger partial charge in [-0.05, 0) is 38.1 Å². The molecular weight excluding hydrogens is 432 g/mol. The summed E-state index contributed by atoms with van der Waals surface area (Å²) in [7, 11) is 2.98. The molecule has 0 saturated carbocycles. The average molecular weight is 458 g/mol. The molecule has 10 nitrogen and oxygen atoms in total. The molecule has 4 rings (SSSR count). The predicted octanol–water partition coefficient (Wildman–Crippen LogP) is -0.0392. The number of carbonyl (C=O) groups is 3. The van der Waals surface area contributed by atoms with E-state index in [4.69, 9.17) is 5.73 Å². The maximum absolute atomic E-state index is 13.5. The standard InChI is InChI=1S/C23H26N2O8/c1-7-5-6-9-8(2)10-12(17(27)11(9)16(7)26)20(30)23(33)14(18(10)28)15(25(3)4)19(29)13(21(23)31)22(24)32/h5-6,8,10,14-15,18,26,28-30,33H,1-4H3,(H2,24,32). The number of fused-ring (bicyclic) bond motifs is 3. The van der Waals surface area contributed by atoms with Crippen molar-refractivity contribution in [2.45, 2.75) is 37.5 Å². The lowest BCUT2D eigenvalue weighted by Crippen LogP contribution is -2.68. The third kappa shape index (κ3) is 2.68. The number of primary amides is 1. The second kappa shape index (κ2) is 7.14. The van der Waals surface area contributed by atoms with Crippen LogP contribution in [0.1, 0.15) is 34.3 Å². The van der Waals surface area contributed by atoms with Crippen LogP contribution < -0.4 is 5.73 Å². The summed E-state index contributed by atoms with van der Waals surface area (Å²) in [5.41, 5.74) is 1.81. The molecule has 0 saturated heterocycles. The van der Waals surface area contributed by atoms with Crippen LogP contribution in [-0.2, 0) is 9.59 Å². The fourth-order valence-corrected chi connectivity index (χ4v) is 5.73. The van der Waals surface area contributed by atoms with Crippen molar-refractivity contribution in [1.82, 2.24) is 4.90 Å². The van der Waals surface area contributed by atoms with Crippen LogP contribution in [0.5, 0.6) is 5.75 Å². The van der Waals surface area contributed by atoms with E-state index in [0.29, 0.717) is 11.1 Å². The Morgan fingerprint density at radius 1 is 1.15 bits per heavy atom. The van der Waals surface area contributed by atoms with Crippen LogP contribution in [0.25, 0.3) is 0 Å². The number of phenols is 1. The molecular formula is C23H26N2O8. The lowest BCUT2D eigenvalue weighted by Gasteiger charge is -2.53. The van der Waals surface area contributed by atoms with Crippen LogP contribution in [0.15, 0.2) is 34.8 Å². The van der Waals surface area contributed by atoms with Gasteiger partial charge in [0.2, 0.25) is 5.78 Å². The van der Waals surface area contributed by atoms with E-state index >= 15 is 0 Å². The Balaban J connectivity index is 2.07. The summed E-state index contributed by atoms with van der Waals surface area (Å²) in [6.07, 6.45) is -1.59. The largest absolute Gasteiger partial charge is 0.510 e. The van der Waals surface area contributed by atoms with Crippen molar-refractivity contribution in [2.75, 3.05) is 14.1 Å². The molecule has 0 aromatic heterocycles. The molecule has 3 aliphatic rings. The minimum Gasteiger partial charge on any atom is -0.510 e. The van der Waals surface area contributed by atoms with E-state index in [0.717, 1.165) is 0 Å². The molecule has 1 aromatic rings. The number of aliphatic hydroxyl groups is 4. The summed E-state index contributed by atoms with van der Waals surface area (Å²) >= 11 is 0. The third-order valence-corrected chi connectivity index (χ3v) is 7.33. The summed E-state index contributed by atoms with van der Waals surface area (Å²) in [4.78, 5) is 40.1. The molecule has 1 aromatic carbocycles. The Morgan fingerprint density at radius 2 is 1.76 bits per heavy atom. The van der Waals surface area contributed by atoms with Crippen molar-refractivity contribution >= 4 is 17.5 Å². The van der Waals surface area contributed by atoms with E-state index in [1.807, 2.05) is 0 Å². The van der Waals surface area contributed by atoms with Gasteiger partial charge in [-0.25, -0.2) is 0 Å². The third-order valence-electron chi connectivity index (χ3n) is 7.33. The number of nitrogens with two attached hydrogens (primary N) is 1. The zero-order valence-corrected chi connectivity index (χ0v) is 18.5. The molecule has 7 N–H and O–H groups in total. The molecule has 176 valence electrons. The normalized spacial score (nSPS) is 33.7. The van der Waals surface area contributed by atoms with Gasteiger partial charge in [-0.15, -0.1) is 0 Å². The van der Waals surface area contributed by atoms with Gasteiger partial charge in [0.25, 0.3) is 5.91 Å². The fourth-order valence-electron chi connectivity index (χ4n) is 5.73. The quantitative estimate of drug-likeness (QED) is 0.331. The van der Waals surface area contributed by atoms with E-state index in [1.165, 1.54) is 19.0 Å². The molecule has 3 aliphatic carbocycles. The first kappa shape index (κ1) is 23.0. The summed E-state index contributed by atoms with van der Waals surface area (Å²) in [6.45, 7) is 3.28. The number of aromatic hydroxyl groups is 1. The van der Waals surface area contributed by atoms with Gasteiger partial charge in [-0.3, -0.25) is 19.3 Å². The van der Waals surface area contributed by atoms with Crippen molar-refractivity contribution in [3.05, 3.63) is 51.5 Å². The fraction of sp³-hybridized carbons (Fsp3) is 0.435. The topological polar surface area (TPSA) is 182 Å². The number of nitrogens with zero attached hydrogens (tertiary/aromatic N) is 1. The second-order valence-corrected chi connectivity index (χ2v) is 9.25. The number of aliphatic hydroxyl groups excluding tert-OH is 3. The molecule has 33 heavy (non-hydrogen) atoms. The van der Waals surface area contributed by atoms with Crippen molar-refractivity contribution in [3.63, 3.8) is 0 Å². The van der Waals surface area contributed by atoms with Crippen LogP contribution in [0.4, 0.5) is 0 Å². The van der Waals surface area contributed by atoms with Gasteiger partial charge in [0.15, 0.2) is 11.4 Å². The molecule has 0 bridgehead atoms. The zero-order chi connectivity index (χ0) is 24.7. The van der Waals surface area contributed by atoms with Crippen molar-refractivity contribution in [3.8, 4) is 5.75 Å². The van der Waals surface area contributed by atoms with Crippen LogP contribution >= 0.6 is 0 Å². The minimum atomic E-state index is -2.90. The Labute approximate surface area is 189 Å². The van der Waals surface area contributed by atoms with Gasteiger partial charge in [-0.2, -0.15) is 0 Å². The Kier molecular flexibility index (Phi) is 4.97. The van der Waals surface area contributed by atoms with Gasteiger partial charge >= 0.3 is 0 Å². The molecule has 0 aliphatic heterocycles.